The monoisotopic (exact) mass is 225 g/mol. The summed E-state index contributed by atoms with van der Waals surface area (Å²) in [7, 11) is 0. The van der Waals surface area contributed by atoms with Crippen LogP contribution in [0.1, 0.15) is 41.6 Å². The van der Waals surface area contributed by atoms with Crippen LogP contribution in [0.25, 0.3) is 10.9 Å². The molecule has 2 fully saturated rings. The van der Waals surface area contributed by atoms with Crippen LogP contribution in [0.5, 0.6) is 0 Å². The van der Waals surface area contributed by atoms with Crippen LogP contribution in [-0.2, 0) is 5.41 Å². The molecule has 2 saturated carbocycles. The van der Waals surface area contributed by atoms with Gasteiger partial charge in [-0.25, -0.2) is 0 Å². The molecule has 1 aromatic carbocycles. The number of hydrogen-bond acceptors (Lipinski definition) is 1. The predicted molar refractivity (Wildman–Crippen MR) is 67.3 cm³/mol. The highest BCUT2D eigenvalue weighted by atomic mass is 16.1. The Balaban J connectivity index is 2.00. The Kier molecular flexibility index (Phi) is 1.67. The van der Waals surface area contributed by atoms with Crippen LogP contribution < -0.4 is 0 Å². The summed E-state index contributed by atoms with van der Waals surface area (Å²) in [6.07, 6.45) is 8.17. The van der Waals surface area contributed by atoms with Crippen molar-refractivity contribution in [3.8, 4) is 0 Å². The number of aromatic amines is 1. The molecule has 0 saturated heterocycles. The fraction of sp³-hybridized carbons (Fsp3) is 0.400. The summed E-state index contributed by atoms with van der Waals surface area (Å²) >= 11 is 0. The normalized spacial score (nSPS) is 21.6. The Hall–Kier alpha value is -1.57. The molecular formula is C15H15NO. The molecule has 2 heteroatoms. The van der Waals surface area contributed by atoms with Crippen molar-refractivity contribution in [3.05, 3.63) is 35.5 Å². The fourth-order valence-electron chi connectivity index (χ4n) is 3.39. The Morgan fingerprint density at radius 2 is 2.12 bits per heavy atom. The third-order valence-corrected chi connectivity index (χ3v) is 4.55. The molecular weight excluding hydrogens is 210 g/mol. The highest BCUT2D eigenvalue weighted by molar-refractivity contribution is 6.00. The maximum Gasteiger partial charge on any atom is 0.152 e. The van der Waals surface area contributed by atoms with Crippen LogP contribution in [0.15, 0.2) is 24.4 Å². The van der Waals surface area contributed by atoms with Gasteiger partial charge in [-0.2, -0.15) is 0 Å². The van der Waals surface area contributed by atoms with E-state index in [1.165, 1.54) is 36.6 Å². The second kappa shape index (κ2) is 3.00. The van der Waals surface area contributed by atoms with E-state index in [0.29, 0.717) is 5.41 Å². The van der Waals surface area contributed by atoms with Crippen molar-refractivity contribution < 1.29 is 4.79 Å². The third-order valence-electron chi connectivity index (χ3n) is 4.55. The van der Waals surface area contributed by atoms with Crippen molar-refractivity contribution >= 4 is 17.2 Å². The van der Waals surface area contributed by atoms with Gasteiger partial charge in [0, 0.05) is 22.7 Å². The van der Waals surface area contributed by atoms with Gasteiger partial charge in [-0.1, -0.05) is 12.1 Å². The summed E-state index contributed by atoms with van der Waals surface area (Å²) in [6, 6.07) is 6.41. The van der Waals surface area contributed by atoms with E-state index in [1.807, 2.05) is 6.20 Å². The average Bonchev–Trinajstić information content (AvgIpc) is 3.22. The highest BCUT2D eigenvalue weighted by Gasteiger charge is 2.55. The second-order valence-electron chi connectivity index (χ2n) is 5.52. The molecule has 1 heterocycles. The van der Waals surface area contributed by atoms with Gasteiger partial charge in [-0.3, -0.25) is 4.79 Å². The molecule has 4 rings (SSSR count). The number of hydrogen-bond donors (Lipinski definition) is 1. The minimum absolute atomic E-state index is 0.416. The summed E-state index contributed by atoms with van der Waals surface area (Å²) in [4.78, 5) is 14.4. The van der Waals surface area contributed by atoms with E-state index in [4.69, 9.17) is 0 Å². The Labute approximate surface area is 100 Å². The standard InChI is InChI=1S/C15H15NO/c17-9-10-8-16-13-3-1-2-12(14(10)13)15(6-7-15)11-4-5-11/h1-3,8-9,11,16H,4-7H2. The summed E-state index contributed by atoms with van der Waals surface area (Å²) in [6.45, 7) is 0. The lowest BCUT2D eigenvalue weighted by Crippen LogP contribution is -2.09. The number of carbonyl (C=O) groups excluding carboxylic acids is 1. The van der Waals surface area contributed by atoms with Crippen molar-refractivity contribution in [2.24, 2.45) is 5.92 Å². The molecule has 1 aromatic heterocycles. The average molecular weight is 225 g/mol. The SMILES string of the molecule is O=Cc1c[nH]c2cccc(C3(C4CC4)CC3)c12. The molecule has 0 radical (unpaired) electrons. The van der Waals surface area contributed by atoms with Crippen LogP contribution in [0, 0.1) is 5.92 Å². The first kappa shape index (κ1) is 9.46. The molecule has 86 valence electrons. The summed E-state index contributed by atoms with van der Waals surface area (Å²) in [5, 5.41) is 1.17. The van der Waals surface area contributed by atoms with E-state index in [1.54, 1.807) is 0 Å². The molecule has 2 aliphatic carbocycles. The van der Waals surface area contributed by atoms with Gasteiger partial charge in [-0.15, -0.1) is 0 Å². The molecule has 0 bridgehead atoms. The number of rotatable bonds is 3. The van der Waals surface area contributed by atoms with E-state index in [2.05, 4.69) is 23.2 Å². The van der Waals surface area contributed by atoms with E-state index >= 15 is 0 Å². The molecule has 2 nitrogen and oxygen atoms in total. The molecule has 0 atom stereocenters. The quantitative estimate of drug-likeness (QED) is 0.798. The smallest absolute Gasteiger partial charge is 0.152 e. The first-order valence-electron chi connectivity index (χ1n) is 6.41. The van der Waals surface area contributed by atoms with Gasteiger partial charge in [0.05, 0.1) is 0 Å². The van der Waals surface area contributed by atoms with Crippen LogP contribution >= 0.6 is 0 Å². The van der Waals surface area contributed by atoms with Gasteiger partial charge in [-0.05, 0) is 48.6 Å². The predicted octanol–water partition coefficient (Wildman–Crippen LogP) is 3.42. The highest BCUT2D eigenvalue weighted by Crippen LogP contribution is 2.63. The zero-order valence-electron chi connectivity index (χ0n) is 9.70. The van der Waals surface area contributed by atoms with Gasteiger partial charge in [0.25, 0.3) is 0 Å². The topological polar surface area (TPSA) is 32.9 Å². The number of aromatic nitrogens is 1. The van der Waals surface area contributed by atoms with Crippen LogP contribution in [0.2, 0.25) is 0 Å². The summed E-state index contributed by atoms with van der Waals surface area (Å²) < 4.78 is 0. The molecule has 2 aromatic rings. The summed E-state index contributed by atoms with van der Waals surface area (Å²) in [5.74, 6) is 0.877. The number of carbonyl (C=O) groups is 1. The van der Waals surface area contributed by atoms with E-state index in [-0.39, 0.29) is 0 Å². The number of nitrogens with one attached hydrogen (secondary N) is 1. The van der Waals surface area contributed by atoms with Crippen molar-refractivity contribution in [2.45, 2.75) is 31.1 Å². The first-order chi connectivity index (χ1) is 8.35. The lowest BCUT2D eigenvalue weighted by Gasteiger charge is -2.16. The summed E-state index contributed by atoms with van der Waals surface area (Å²) in [5.41, 5.74) is 3.76. The lowest BCUT2D eigenvalue weighted by molar-refractivity contribution is 0.112. The van der Waals surface area contributed by atoms with Crippen molar-refractivity contribution in [2.75, 3.05) is 0 Å². The zero-order chi connectivity index (χ0) is 11.5. The minimum atomic E-state index is 0.416. The lowest BCUT2D eigenvalue weighted by atomic mass is 9.87. The van der Waals surface area contributed by atoms with Gasteiger partial charge in [0.1, 0.15) is 0 Å². The first-order valence-corrected chi connectivity index (χ1v) is 6.41. The van der Waals surface area contributed by atoms with E-state index in [0.717, 1.165) is 23.3 Å². The Bertz CT molecular complexity index is 602. The maximum atomic E-state index is 11.1. The number of H-pyrrole nitrogens is 1. The number of aldehydes is 1. The Morgan fingerprint density at radius 1 is 1.29 bits per heavy atom. The molecule has 0 aliphatic heterocycles. The minimum Gasteiger partial charge on any atom is -0.360 e. The van der Waals surface area contributed by atoms with Gasteiger partial charge >= 0.3 is 0 Å². The van der Waals surface area contributed by atoms with E-state index in [9.17, 15) is 4.79 Å². The van der Waals surface area contributed by atoms with Crippen LogP contribution in [0.4, 0.5) is 0 Å². The zero-order valence-corrected chi connectivity index (χ0v) is 9.70. The van der Waals surface area contributed by atoms with Crippen LogP contribution in [0.3, 0.4) is 0 Å². The molecule has 2 aliphatic rings. The molecule has 0 amide bonds. The van der Waals surface area contributed by atoms with Crippen molar-refractivity contribution in [3.63, 3.8) is 0 Å². The maximum absolute atomic E-state index is 11.1. The second-order valence-corrected chi connectivity index (χ2v) is 5.52. The molecule has 0 spiro atoms. The van der Waals surface area contributed by atoms with E-state index < -0.39 is 0 Å². The fourth-order valence-corrected chi connectivity index (χ4v) is 3.39. The van der Waals surface area contributed by atoms with Crippen molar-refractivity contribution in [1.82, 2.24) is 4.98 Å². The molecule has 0 unspecified atom stereocenters. The largest absolute Gasteiger partial charge is 0.360 e. The third kappa shape index (κ3) is 1.18. The van der Waals surface area contributed by atoms with Gasteiger partial charge < -0.3 is 4.98 Å². The Morgan fingerprint density at radius 3 is 2.76 bits per heavy atom. The van der Waals surface area contributed by atoms with Crippen LogP contribution in [-0.4, -0.2) is 11.3 Å². The molecule has 17 heavy (non-hydrogen) atoms. The van der Waals surface area contributed by atoms with Gasteiger partial charge in [0.15, 0.2) is 6.29 Å². The number of fused-ring (bicyclic) bond motifs is 1. The molecule has 1 N–H and O–H groups in total. The number of benzene rings is 1. The van der Waals surface area contributed by atoms with Crippen molar-refractivity contribution in [1.29, 1.82) is 0 Å². The van der Waals surface area contributed by atoms with Gasteiger partial charge in [0.2, 0.25) is 0 Å².